The summed E-state index contributed by atoms with van der Waals surface area (Å²) in [7, 11) is 1.87. The van der Waals surface area contributed by atoms with Gasteiger partial charge in [-0.05, 0) is 18.2 Å². The number of nitrogens with one attached hydrogen (secondary N) is 2. The van der Waals surface area contributed by atoms with Gasteiger partial charge in [-0.2, -0.15) is 0 Å². The lowest BCUT2D eigenvalue weighted by Crippen LogP contribution is -2.02. The standard InChI is InChI=1S/C12H14N4/c1-13-11-6-12(8-14-7-11)16-9-10-4-2-3-5-15-10/h2-8,13,16H,9H2,1H3. The zero-order valence-electron chi connectivity index (χ0n) is 9.14. The largest absolute Gasteiger partial charge is 0.387 e. The Morgan fingerprint density at radius 3 is 2.81 bits per heavy atom. The lowest BCUT2D eigenvalue weighted by atomic mass is 10.3. The smallest absolute Gasteiger partial charge is 0.0594 e. The monoisotopic (exact) mass is 214 g/mol. The molecule has 2 N–H and O–H groups in total. The molecule has 16 heavy (non-hydrogen) atoms. The van der Waals surface area contributed by atoms with Crippen molar-refractivity contribution in [1.82, 2.24) is 9.97 Å². The second kappa shape index (κ2) is 5.11. The number of pyridine rings is 2. The molecule has 2 heterocycles. The maximum absolute atomic E-state index is 4.24. The van der Waals surface area contributed by atoms with E-state index >= 15 is 0 Å². The molecule has 2 rings (SSSR count). The van der Waals surface area contributed by atoms with Gasteiger partial charge in [0.1, 0.15) is 0 Å². The van der Waals surface area contributed by atoms with Crippen molar-refractivity contribution in [2.24, 2.45) is 0 Å². The Kier molecular flexibility index (Phi) is 3.33. The Labute approximate surface area is 94.8 Å². The van der Waals surface area contributed by atoms with Gasteiger partial charge in [0, 0.05) is 13.2 Å². The van der Waals surface area contributed by atoms with Gasteiger partial charge >= 0.3 is 0 Å². The Balaban J connectivity index is 1.99. The quantitative estimate of drug-likeness (QED) is 0.818. The maximum Gasteiger partial charge on any atom is 0.0594 e. The van der Waals surface area contributed by atoms with Crippen LogP contribution in [0, 0.1) is 0 Å². The summed E-state index contributed by atoms with van der Waals surface area (Å²) in [6, 6.07) is 7.89. The number of aromatic nitrogens is 2. The van der Waals surface area contributed by atoms with Gasteiger partial charge in [-0.15, -0.1) is 0 Å². The molecule has 0 bridgehead atoms. The molecule has 0 aliphatic carbocycles. The molecule has 0 fully saturated rings. The summed E-state index contributed by atoms with van der Waals surface area (Å²) in [4.78, 5) is 8.36. The number of hydrogen-bond acceptors (Lipinski definition) is 4. The third-order valence-corrected chi connectivity index (χ3v) is 2.23. The van der Waals surface area contributed by atoms with Gasteiger partial charge in [-0.25, -0.2) is 0 Å². The van der Waals surface area contributed by atoms with Gasteiger partial charge in [0.2, 0.25) is 0 Å². The molecule has 2 aromatic rings. The maximum atomic E-state index is 4.24. The zero-order chi connectivity index (χ0) is 11.2. The van der Waals surface area contributed by atoms with E-state index in [2.05, 4.69) is 20.6 Å². The molecule has 0 saturated heterocycles. The van der Waals surface area contributed by atoms with Crippen LogP contribution in [0.15, 0.2) is 42.9 Å². The molecule has 4 heteroatoms. The van der Waals surface area contributed by atoms with Crippen LogP contribution < -0.4 is 10.6 Å². The van der Waals surface area contributed by atoms with E-state index in [0.717, 1.165) is 17.1 Å². The fourth-order valence-electron chi connectivity index (χ4n) is 1.37. The highest BCUT2D eigenvalue weighted by Gasteiger charge is 1.96. The number of anilines is 2. The molecule has 2 aromatic heterocycles. The first-order valence-corrected chi connectivity index (χ1v) is 5.15. The van der Waals surface area contributed by atoms with Crippen molar-refractivity contribution in [2.45, 2.75) is 6.54 Å². The molecule has 82 valence electrons. The summed E-state index contributed by atoms with van der Waals surface area (Å²) in [5.41, 5.74) is 2.99. The van der Waals surface area contributed by atoms with E-state index in [-0.39, 0.29) is 0 Å². The summed E-state index contributed by atoms with van der Waals surface area (Å²) in [6.45, 7) is 0.704. The lowest BCUT2D eigenvalue weighted by Gasteiger charge is -2.06. The molecule has 0 aromatic carbocycles. The van der Waals surface area contributed by atoms with Crippen molar-refractivity contribution in [3.63, 3.8) is 0 Å². The SMILES string of the molecule is CNc1cncc(NCc2ccccn2)c1. The van der Waals surface area contributed by atoms with Gasteiger partial charge in [0.15, 0.2) is 0 Å². The van der Waals surface area contributed by atoms with Crippen LogP contribution >= 0.6 is 0 Å². The highest BCUT2D eigenvalue weighted by Crippen LogP contribution is 2.12. The molecular formula is C12H14N4. The normalized spacial score (nSPS) is 9.81. The van der Waals surface area contributed by atoms with Crippen LogP contribution in [0.2, 0.25) is 0 Å². The number of nitrogens with zero attached hydrogens (tertiary/aromatic N) is 2. The van der Waals surface area contributed by atoms with Crippen LogP contribution in [0.1, 0.15) is 5.69 Å². The predicted molar refractivity (Wildman–Crippen MR) is 65.3 cm³/mol. The lowest BCUT2D eigenvalue weighted by molar-refractivity contribution is 1.04. The average molecular weight is 214 g/mol. The Bertz CT molecular complexity index is 442. The van der Waals surface area contributed by atoms with Crippen molar-refractivity contribution in [1.29, 1.82) is 0 Å². The summed E-state index contributed by atoms with van der Waals surface area (Å²) >= 11 is 0. The summed E-state index contributed by atoms with van der Waals surface area (Å²) in [6.07, 6.45) is 5.37. The van der Waals surface area contributed by atoms with Crippen LogP contribution in [-0.4, -0.2) is 17.0 Å². The van der Waals surface area contributed by atoms with Gasteiger partial charge in [-0.1, -0.05) is 6.07 Å². The van der Waals surface area contributed by atoms with E-state index in [1.165, 1.54) is 0 Å². The number of rotatable bonds is 4. The van der Waals surface area contributed by atoms with E-state index in [4.69, 9.17) is 0 Å². The fourth-order valence-corrected chi connectivity index (χ4v) is 1.37. The van der Waals surface area contributed by atoms with Crippen LogP contribution in [0.25, 0.3) is 0 Å². The van der Waals surface area contributed by atoms with Crippen LogP contribution in [0.3, 0.4) is 0 Å². The molecular weight excluding hydrogens is 200 g/mol. The predicted octanol–water partition coefficient (Wildman–Crippen LogP) is 2.13. The zero-order valence-corrected chi connectivity index (χ0v) is 9.14. The van der Waals surface area contributed by atoms with Gasteiger partial charge in [0.05, 0.1) is 36.0 Å². The topological polar surface area (TPSA) is 49.8 Å². The molecule has 0 radical (unpaired) electrons. The third-order valence-electron chi connectivity index (χ3n) is 2.23. The fraction of sp³-hybridized carbons (Fsp3) is 0.167. The number of hydrogen-bond donors (Lipinski definition) is 2. The molecule has 0 saturated carbocycles. The van der Waals surface area contributed by atoms with Crippen molar-refractivity contribution >= 4 is 11.4 Å². The van der Waals surface area contributed by atoms with Gasteiger partial charge in [-0.3, -0.25) is 9.97 Å². The minimum atomic E-state index is 0.704. The van der Waals surface area contributed by atoms with E-state index in [9.17, 15) is 0 Å². The first-order chi connectivity index (χ1) is 7.88. The van der Waals surface area contributed by atoms with Crippen molar-refractivity contribution in [3.05, 3.63) is 48.5 Å². The van der Waals surface area contributed by atoms with Crippen LogP contribution in [0.5, 0.6) is 0 Å². The van der Waals surface area contributed by atoms with Gasteiger partial charge < -0.3 is 10.6 Å². The molecule has 0 amide bonds. The highest BCUT2D eigenvalue weighted by atomic mass is 14.9. The third kappa shape index (κ3) is 2.70. The van der Waals surface area contributed by atoms with Crippen molar-refractivity contribution < 1.29 is 0 Å². The summed E-state index contributed by atoms with van der Waals surface area (Å²) < 4.78 is 0. The second-order valence-corrected chi connectivity index (χ2v) is 3.39. The minimum Gasteiger partial charge on any atom is -0.387 e. The summed E-state index contributed by atoms with van der Waals surface area (Å²) in [5, 5.41) is 6.32. The summed E-state index contributed by atoms with van der Waals surface area (Å²) in [5.74, 6) is 0. The molecule has 0 unspecified atom stereocenters. The Morgan fingerprint density at radius 1 is 1.19 bits per heavy atom. The van der Waals surface area contributed by atoms with E-state index < -0.39 is 0 Å². The molecule has 4 nitrogen and oxygen atoms in total. The van der Waals surface area contributed by atoms with Gasteiger partial charge in [0.25, 0.3) is 0 Å². The van der Waals surface area contributed by atoms with Crippen LogP contribution in [0.4, 0.5) is 11.4 Å². The van der Waals surface area contributed by atoms with Crippen LogP contribution in [-0.2, 0) is 6.54 Å². The molecule has 0 aliphatic heterocycles. The average Bonchev–Trinajstić information content (AvgIpc) is 2.38. The first kappa shape index (κ1) is 10.4. The molecule has 0 spiro atoms. The second-order valence-electron chi connectivity index (χ2n) is 3.39. The Morgan fingerprint density at radius 2 is 2.06 bits per heavy atom. The van der Waals surface area contributed by atoms with Crippen molar-refractivity contribution in [2.75, 3.05) is 17.7 Å². The first-order valence-electron chi connectivity index (χ1n) is 5.15. The van der Waals surface area contributed by atoms with Crippen molar-refractivity contribution in [3.8, 4) is 0 Å². The van der Waals surface area contributed by atoms with E-state index in [1.807, 2.05) is 31.3 Å². The highest BCUT2D eigenvalue weighted by molar-refractivity contribution is 5.53. The Hall–Kier alpha value is -2.10. The van der Waals surface area contributed by atoms with E-state index in [0.29, 0.717) is 6.54 Å². The van der Waals surface area contributed by atoms with E-state index in [1.54, 1.807) is 18.6 Å². The molecule has 0 aliphatic rings. The molecule has 0 atom stereocenters. The minimum absolute atomic E-state index is 0.704.